The van der Waals surface area contributed by atoms with Crippen molar-refractivity contribution in [3.8, 4) is 0 Å². The van der Waals surface area contributed by atoms with Gasteiger partial charge in [-0.05, 0) is 24.5 Å². The second kappa shape index (κ2) is 5.80. The Morgan fingerprint density at radius 3 is 2.75 bits per heavy atom. The predicted octanol–water partition coefficient (Wildman–Crippen LogP) is 2.03. The van der Waals surface area contributed by atoms with Crippen molar-refractivity contribution in [3.05, 3.63) is 24.1 Å². The van der Waals surface area contributed by atoms with Crippen LogP contribution in [-0.2, 0) is 0 Å². The van der Waals surface area contributed by atoms with Gasteiger partial charge in [-0.15, -0.1) is 0 Å². The maximum Gasteiger partial charge on any atom is 0.165 e. The fourth-order valence-electron chi connectivity index (χ4n) is 1.44. The van der Waals surface area contributed by atoms with Gasteiger partial charge in [0.05, 0.1) is 0 Å². The van der Waals surface area contributed by atoms with Crippen LogP contribution in [0.1, 0.15) is 20.3 Å². The zero-order chi connectivity index (χ0) is 12.1. The first-order valence-corrected chi connectivity index (χ1v) is 5.59. The van der Waals surface area contributed by atoms with E-state index in [1.54, 1.807) is 17.2 Å². The third-order valence-corrected chi connectivity index (χ3v) is 2.75. The number of halogens is 1. The zero-order valence-electron chi connectivity index (χ0n) is 10.2. The Morgan fingerprint density at radius 2 is 2.19 bits per heavy atom. The molecule has 0 aromatic carbocycles. The van der Waals surface area contributed by atoms with Crippen molar-refractivity contribution < 1.29 is 4.39 Å². The van der Waals surface area contributed by atoms with E-state index in [2.05, 4.69) is 18.8 Å². The fourth-order valence-corrected chi connectivity index (χ4v) is 1.44. The van der Waals surface area contributed by atoms with E-state index in [0.29, 0.717) is 18.3 Å². The molecule has 4 heteroatoms. The first kappa shape index (κ1) is 12.9. The van der Waals surface area contributed by atoms with E-state index >= 15 is 0 Å². The van der Waals surface area contributed by atoms with E-state index in [9.17, 15) is 4.39 Å². The van der Waals surface area contributed by atoms with Crippen molar-refractivity contribution >= 4 is 5.82 Å². The molecule has 0 saturated carbocycles. The number of hydrogen-bond donors (Lipinski definition) is 1. The fraction of sp³-hybridized carbons (Fsp3) is 0.583. The monoisotopic (exact) mass is 225 g/mol. The second-order valence-electron chi connectivity index (χ2n) is 4.43. The van der Waals surface area contributed by atoms with Gasteiger partial charge in [0.25, 0.3) is 0 Å². The van der Waals surface area contributed by atoms with Crippen LogP contribution < -0.4 is 10.6 Å². The van der Waals surface area contributed by atoms with Crippen LogP contribution in [0.15, 0.2) is 18.3 Å². The van der Waals surface area contributed by atoms with Gasteiger partial charge in [-0.3, -0.25) is 0 Å². The molecule has 0 aliphatic heterocycles. The molecule has 1 rings (SSSR count). The number of anilines is 1. The molecule has 1 unspecified atom stereocenters. The predicted molar refractivity (Wildman–Crippen MR) is 64.9 cm³/mol. The number of nitrogens with two attached hydrogens (primary N) is 1. The molecule has 3 nitrogen and oxygen atoms in total. The van der Waals surface area contributed by atoms with E-state index in [-0.39, 0.29) is 11.9 Å². The van der Waals surface area contributed by atoms with Crippen molar-refractivity contribution in [2.75, 3.05) is 18.5 Å². The van der Waals surface area contributed by atoms with Crippen LogP contribution in [0.2, 0.25) is 0 Å². The number of pyridine rings is 1. The maximum atomic E-state index is 13.4. The highest BCUT2D eigenvalue weighted by Gasteiger charge is 2.12. The average molecular weight is 225 g/mol. The van der Waals surface area contributed by atoms with Crippen molar-refractivity contribution in [2.45, 2.75) is 26.3 Å². The highest BCUT2D eigenvalue weighted by Crippen LogP contribution is 2.14. The van der Waals surface area contributed by atoms with Crippen LogP contribution in [0.25, 0.3) is 0 Å². The topological polar surface area (TPSA) is 42.1 Å². The quantitative estimate of drug-likeness (QED) is 0.833. The highest BCUT2D eigenvalue weighted by molar-refractivity contribution is 5.38. The van der Waals surface area contributed by atoms with Crippen molar-refractivity contribution in [3.63, 3.8) is 0 Å². The summed E-state index contributed by atoms with van der Waals surface area (Å²) in [5, 5.41) is 0. The summed E-state index contributed by atoms with van der Waals surface area (Å²) in [7, 11) is 1.83. The Labute approximate surface area is 96.5 Å². The molecule has 0 spiro atoms. The molecule has 0 aliphatic carbocycles. The molecule has 0 amide bonds. The van der Waals surface area contributed by atoms with E-state index in [0.717, 1.165) is 6.42 Å². The van der Waals surface area contributed by atoms with Gasteiger partial charge in [-0.2, -0.15) is 0 Å². The molecule has 16 heavy (non-hydrogen) atoms. The molecule has 1 atom stereocenters. The Morgan fingerprint density at radius 1 is 1.50 bits per heavy atom. The van der Waals surface area contributed by atoms with Gasteiger partial charge >= 0.3 is 0 Å². The lowest BCUT2D eigenvalue weighted by Crippen LogP contribution is -2.32. The average Bonchev–Trinajstić information content (AvgIpc) is 2.25. The Bertz CT molecular complexity index is 328. The summed E-state index contributed by atoms with van der Waals surface area (Å²) in [6, 6.07) is 3.16. The minimum absolute atomic E-state index is 0.147. The molecule has 0 saturated heterocycles. The molecule has 0 bridgehead atoms. The number of nitrogens with zero attached hydrogens (tertiary/aromatic N) is 2. The lowest BCUT2D eigenvalue weighted by atomic mass is 10.0. The summed E-state index contributed by atoms with van der Waals surface area (Å²) in [6.07, 6.45) is 2.43. The lowest BCUT2D eigenvalue weighted by molar-refractivity contribution is 0.464. The first-order valence-electron chi connectivity index (χ1n) is 5.59. The molecular formula is C12H20FN3. The van der Waals surface area contributed by atoms with Crippen molar-refractivity contribution in [1.29, 1.82) is 0 Å². The number of hydrogen-bond acceptors (Lipinski definition) is 3. The molecule has 2 N–H and O–H groups in total. The normalized spacial score (nSPS) is 12.9. The molecule has 1 heterocycles. The summed E-state index contributed by atoms with van der Waals surface area (Å²) >= 11 is 0. The molecule has 1 aromatic heterocycles. The van der Waals surface area contributed by atoms with Gasteiger partial charge in [0.1, 0.15) is 0 Å². The standard InChI is InChI=1S/C12H20FN3/c1-9(2)11(14)6-8-16(3)12-10(13)5-4-7-15-12/h4-5,7,9,11H,6,8,14H2,1-3H3. The Hall–Kier alpha value is -1.16. The highest BCUT2D eigenvalue weighted by atomic mass is 19.1. The van der Waals surface area contributed by atoms with Crippen LogP contribution in [0.5, 0.6) is 0 Å². The minimum Gasteiger partial charge on any atom is -0.357 e. The molecule has 1 aromatic rings. The lowest BCUT2D eigenvalue weighted by Gasteiger charge is -2.22. The van der Waals surface area contributed by atoms with Crippen LogP contribution in [-0.4, -0.2) is 24.6 Å². The summed E-state index contributed by atoms with van der Waals surface area (Å²) in [5.41, 5.74) is 5.94. The maximum absolute atomic E-state index is 13.4. The molecule has 0 fully saturated rings. The van der Waals surface area contributed by atoms with E-state index in [4.69, 9.17) is 5.73 Å². The van der Waals surface area contributed by atoms with E-state index < -0.39 is 0 Å². The Kier molecular flexibility index (Phi) is 4.68. The van der Waals surface area contributed by atoms with Crippen LogP contribution in [0.3, 0.4) is 0 Å². The van der Waals surface area contributed by atoms with E-state index in [1.807, 2.05) is 7.05 Å². The second-order valence-corrected chi connectivity index (χ2v) is 4.43. The largest absolute Gasteiger partial charge is 0.357 e. The zero-order valence-corrected chi connectivity index (χ0v) is 10.2. The van der Waals surface area contributed by atoms with Crippen molar-refractivity contribution in [2.24, 2.45) is 11.7 Å². The third kappa shape index (κ3) is 3.45. The van der Waals surface area contributed by atoms with E-state index in [1.165, 1.54) is 6.07 Å². The molecular weight excluding hydrogens is 205 g/mol. The van der Waals surface area contributed by atoms with Gasteiger partial charge in [-0.1, -0.05) is 13.8 Å². The van der Waals surface area contributed by atoms with Crippen LogP contribution in [0.4, 0.5) is 10.2 Å². The molecule has 90 valence electrons. The molecule has 0 radical (unpaired) electrons. The summed E-state index contributed by atoms with van der Waals surface area (Å²) in [4.78, 5) is 5.81. The van der Waals surface area contributed by atoms with Crippen LogP contribution in [0, 0.1) is 11.7 Å². The van der Waals surface area contributed by atoms with Gasteiger partial charge < -0.3 is 10.6 Å². The number of aromatic nitrogens is 1. The SMILES string of the molecule is CC(C)C(N)CCN(C)c1ncccc1F. The van der Waals surface area contributed by atoms with Gasteiger partial charge in [-0.25, -0.2) is 9.37 Å². The summed E-state index contributed by atoms with van der Waals surface area (Å²) in [6.45, 7) is 4.89. The van der Waals surface area contributed by atoms with Crippen molar-refractivity contribution in [1.82, 2.24) is 4.98 Å². The van der Waals surface area contributed by atoms with Gasteiger partial charge in [0, 0.05) is 25.8 Å². The summed E-state index contributed by atoms with van der Waals surface area (Å²) < 4.78 is 13.4. The van der Waals surface area contributed by atoms with Gasteiger partial charge in [0.15, 0.2) is 11.6 Å². The number of rotatable bonds is 5. The Balaban J connectivity index is 2.53. The van der Waals surface area contributed by atoms with Crippen LogP contribution >= 0.6 is 0 Å². The first-order chi connectivity index (χ1) is 7.52. The minimum atomic E-state index is -0.289. The third-order valence-electron chi connectivity index (χ3n) is 2.75. The smallest absolute Gasteiger partial charge is 0.165 e. The summed E-state index contributed by atoms with van der Waals surface area (Å²) in [5.74, 6) is 0.545. The molecule has 0 aliphatic rings. The van der Waals surface area contributed by atoms with Gasteiger partial charge in [0.2, 0.25) is 0 Å².